The van der Waals surface area contributed by atoms with Gasteiger partial charge in [0.1, 0.15) is 5.82 Å². The monoisotopic (exact) mass is 277 g/mol. The molecular weight excluding hydrogens is 246 g/mol. The summed E-state index contributed by atoms with van der Waals surface area (Å²) in [5.41, 5.74) is 0. The predicted molar refractivity (Wildman–Crippen MR) is 84.8 cm³/mol. The Morgan fingerprint density at radius 2 is 2.05 bits per heavy atom. The summed E-state index contributed by atoms with van der Waals surface area (Å²) >= 11 is 0. The average Bonchev–Trinajstić information content (AvgIpc) is 2.82. The summed E-state index contributed by atoms with van der Waals surface area (Å²) in [6.45, 7) is 10.3. The molecule has 2 rings (SSSR count). The summed E-state index contributed by atoms with van der Waals surface area (Å²) in [5.74, 6) is 4.27. The molecule has 1 saturated carbocycles. The summed E-state index contributed by atoms with van der Waals surface area (Å²) < 4.78 is 2.22. The van der Waals surface area contributed by atoms with Gasteiger partial charge in [0.25, 0.3) is 0 Å². The molecule has 3 heteroatoms. The molecule has 1 aliphatic carbocycles. The Morgan fingerprint density at radius 3 is 2.60 bits per heavy atom. The maximum absolute atomic E-state index is 4.65. The SMILES string of the molecule is CC(C)NCC1CCC(C(C)C)CC1c1nccn1C. The van der Waals surface area contributed by atoms with Crippen LogP contribution in [0.3, 0.4) is 0 Å². The molecule has 0 amide bonds. The van der Waals surface area contributed by atoms with Crippen LogP contribution >= 0.6 is 0 Å². The van der Waals surface area contributed by atoms with Crippen LogP contribution in [0.15, 0.2) is 12.4 Å². The number of hydrogen-bond acceptors (Lipinski definition) is 2. The van der Waals surface area contributed by atoms with Crippen molar-refractivity contribution in [1.82, 2.24) is 14.9 Å². The fourth-order valence-electron chi connectivity index (χ4n) is 3.55. The van der Waals surface area contributed by atoms with Crippen LogP contribution in [0.4, 0.5) is 0 Å². The van der Waals surface area contributed by atoms with E-state index >= 15 is 0 Å². The van der Waals surface area contributed by atoms with Crippen molar-refractivity contribution in [2.24, 2.45) is 24.8 Å². The molecule has 114 valence electrons. The minimum absolute atomic E-state index is 0.569. The third kappa shape index (κ3) is 3.63. The lowest BCUT2D eigenvalue weighted by Gasteiger charge is -2.38. The number of imidazole rings is 1. The van der Waals surface area contributed by atoms with Gasteiger partial charge in [-0.05, 0) is 43.6 Å². The van der Waals surface area contributed by atoms with Crippen LogP contribution in [0, 0.1) is 17.8 Å². The standard InChI is InChI=1S/C17H31N3/c1-12(2)14-6-7-15(11-19-13(3)4)16(10-14)17-18-8-9-20(17)5/h8-9,12-16,19H,6-7,10-11H2,1-5H3. The van der Waals surface area contributed by atoms with E-state index < -0.39 is 0 Å². The maximum atomic E-state index is 4.65. The number of aryl methyl sites for hydroxylation is 1. The highest BCUT2D eigenvalue weighted by Crippen LogP contribution is 2.42. The van der Waals surface area contributed by atoms with E-state index in [1.165, 1.54) is 25.1 Å². The third-order valence-corrected chi connectivity index (χ3v) is 4.96. The highest BCUT2D eigenvalue weighted by molar-refractivity contribution is 5.05. The van der Waals surface area contributed by atoms with Gasteiger partial charge in [-0.15, -0.1) is 0 Å². The fourth-order valence-corrected chi connectivity index (χ4v) is 3.55. The van der Waals surface area contributed by atoms with Crippen molar-refractivity contribution in [3.63, 3.8) is 0 Å². The van der Waals surface area contributed by atoms with Gasteiger partial charge in [0.15, 0.2) is 0 Å². The van der Waals surface area contributed by atoms with Gasteiger partial charge in [-0.3, -0.25) is 0 Å². The molecule has 0 radical (unpaired) electrons. The first-order valence-electron chi connectivity index (χ1n) is 8.19. The second kappa shape index (κ2) is 6.75. The topological polar surface area (TPSA) is 29.9 Å². The largest absolute Gasteiger partial charge is 0.338 e. The summed E-state index contributed by atoms with van der Waals surface area (Å²) in [5, 5.41) is 3.63. The summed E-state index contributed by atoms with van der Waals surface area (Å²) in [6.07, 6.45) is 8.04. The zero-order valence-corrected chi connectivity index (χ0v) is 13.8. The Hall–Kier alpha value is -0.830. The van der Waals surface area contributed by atoms with Crippen molar-refractivity contribution in [1.29, 1.82) is 0 Å². The number of rotatable bonds is 5. The van der Waals surface area contributed by atoms with E-state index in [0.717, 1.165) is 24.3 Å². The van der Waals surface area contributed by atoms with Gasteiger partial charge in [-0.2, -0.15) is 0 Å². The predicted octanol–water partition coefficient (Wildman–Crippen LogP) is 3.57. The van der Waals surface area contributed by atoms with Crippen molar-refractivity contribution in [3.8, 4) is 0 Å². The summed E-state index contributed by atoms with van der Waals surface area (Å²) in [6, 6.07) is 0.569. The Bertz CT molecular complexity index is 408. The molecule has 0 saturated heterocycles. The van der Waals surface area contributed by atoms with Gasteiger partial charge in [-0.25, -0.2) is 4.98 Å². The van der Waals surface area contributed by atoms with Gasteiger partial charge in [0.05, 0.1) is 0 Å². The molecule has 20 heavy (non-hydrogen) atoms. The Balaban J connectivity index is 2.12. The van der Waals surface area contributed by atoms with Crippen LogP contribution in [0.2, 0.25) is 0 Å². The molecule has 1 fully saturated rings. The Kier molecular flexibility index (Phi) is 5.25. The number of nitrogens with zero attached hydrogens (tertiary/aromatic N) is 2. The second-order valence-corrected chi connectivity index (χ2v) is 7.14. The third-order valence-electron chi connectivity index (χ3n) is 4.96. The lowest BCUT2D eigenvalue weighted by Crippen LogP contribution is -2.36. The minimum atomic E-state index is 0.569. The molecule has 3 nitrogen and oxygen atoms in total. The first kappa shape index (κ1) is 15.6. The molecule has 1 heterocycles. The first-order chi connectivity index (χ1) is 9.49. The molecule has 0 bridgehead atoms. The molecule has 0 aromatic carbocycles. The number of nitrogens with one attached hydrogen (secondary N) is 1. The molecule has 0 aliphatic heterocycles. The molecular formula is C17H31N3. The zero-order valence-electron chi connectivity index (χ0n) is 13.8. The van der Waals surface area contributed by atoms with Crippen LogP contribution < -0.4 is 5.32 Å². The molecule has 1 aromatic rings. The second-order valence-electron chi connectivity index (χ2n) is 7.14. The van der Waals surface area contributed by atoms with E-state index in [1.54, 1.807) is 0 Å². The van der Waals surface area contributed by atoms with Crippen molar-refractivity contribution < 1.29 is 0 Å². The first-order valence-corrected chi connectivity index (χ1v) is 8.19. The quantitative estimate of drug-likeness (QED) is 0.891. The van der Waals surface area contributed by atoms with E-state index in [2.05, 4.69) is 55.8 Å². The average molecular weight is 277 g/mol. The highest BCUT2D eigenvalue weighted by atomic mass is 15.0. The van der Waals surface area contributed by atoms with Crippen molar-refractivity contribution >= 4 is 0 Å². The lowest BCUT2D eigenvalue weighted by molar-refractivity contribution is 0.181. The van der Waals surface area contributed by atoms with E-state index in [4.69, 9.17) is 0 Å². The van der Waals surface area contributed by atoms with E-state index in [9.17, 15) is 0 Å². The maximum Gasteiger partial charge on any atom is 0.111 e. The van der Waals surface area contributed by atoms with E-state index in [0.29, 0.717) is 12.0 Å². The van der Waals surface area contributed by atoms with Gasteiger partial charge >= 0.3 is 0 Å². The van der Waals surface area contributed by atoms with E-state index in [1.807, 2.05) is 6.20 Å². The van der Waals surface area contributed by atoms with Crippen LogP contribution in [-0.2, 0) is 7.05 Å². The number of aromatic nitrogens is 2. The number of hydrogen-bond donors (Lipinski definition) is 1. The van der Waals surface area contributed by atoms with Crippen molar-refractivity contribution in [3.05, 3.63) is 18.2 Å². The van der Waals surface area contributed by atoms with Gasteiger partial charge in [0, 0.05) is 31.4 Å². The Morgan fingerprint density at radius 1 is 1.30 bits per heavy atom. The van der Waals surface area contributed by atoms with Crippen LogP contribution in [0.1, 0.15) is 58.7 Å². The molecule has 3 atom stereocenters. The van der Waals surface area contributed by atoms with Crippen LogP contribution in [-0.4, -0.2) is 22.1 Å². The van der Waals surface area contributed by atoms with Crippen molar-refractivity contribution in [2.75, 3.05) is 6.54 Å². The minimum Gasteiger partial charge on any atom is -0.338 e. The highest BCUT2D eigenvalue weighted by Gasteiger charge is 2.34. The molecule has 3 unspecified atom stereocenters. The van der Waals surface area contributed by atoms with Crippen LogP contribution in [0.5, 0.6) is 0 Å². The van der Waals surface area contributed by atoms with Crippen molar-refractivity contribution in [2.45, 2.75) is 58.9 Å². The normalized spacial score (nSPS) is 27.4. The fraction of sp³-hybridized carbons (Fsp3) is 0.824. The van der Waals surface area contributed by atoms with Crippen LogP contribution in [0.25, 0.3) is 0 Å². The van der Waals surface area contributed by atoms with Gasteiger partial charge < -0.3 is 9.88 Å². The summed E-state index contributed by atoms with van der Waals surface area (Å²) in [4.78, 5) is 4.65. The molecule has 0 spiro atoms. The molecule has 1 aromatic heterocycles. The Labute approximate surface area is 124 Å². The smallest absolute Gasteiger partial charge is 0.111 e. The molecule has 1 aliphatic rings. The van der Waals surface area contributed by atoms with Gasteiger partial charge in [0.2, 0.25) is 0 Å². The van der Waals surface area contributed by atoms with E-state index in [-0.39, 0.29) is 0 Å². The lowest BCUT2D eigenvalue weighted by atomic mass is 9.70. The van der Waals surface area contributed by atoms with Gasteiger partial charge in [-0.1, -0.05) is 27.7 Å². The zero-order chi connectivity index (χ0) is 14.7. The summed E-state index contributed by atoms with van der Waals surface area (Å²) in [7, 11) is 2.13. The molecule has 1 N–H and O–H groups in total.